The van der Waals surface area contributed by atoms with Gasteiger partial charge in [0, 0.05) is 27.2 Å². The first-order valence-corrected chi connectivity index (χ1v) is 14.4. The maximum Gasteiger partial charge on any atom is 0.244 e. The van der Waals surface area contributed by atoms with E-state index < -0.39 is 34.1 Å². The largest absolute Gasteiger partial charge is 0.350 e. The lowest BCUT2D eigenvalue weighted by atomic mass is 10.1. The van der Waals surface area contributed by atoms with Gasteiger partial charge in [0.05, 0.1) is 17.0 Å². The fourth-order valence-electron chi connectivity index (χ4n) is 3.48. The van der Waals surface area contributed by atoms with E-state index in [2.05, 4.69) is 5.32 Å². The van der Waals surface area contributed by atoms with Gasteiger partial charge < -0.3 is 10.2 Å². The number of anilines is 1. The number of hydrogen-bond acceptors (Lipinski definition) is 4. The molecule has 2 aromatic rings. The van der Waals surface area contributed by atoms with Crippen LogP contribution in [0.15, 0.2) is 36.4 Å². The minimum Gasteiger partial charge on any atom is -0.350 e. The van der Waals surface area contributed by atoms with Crippen LogP contribution in [0.1, 0.15) is 39.7 Å². The van der Waals surface area contributed by atoms with Crippen LogP contribution < -0.4 is 9.62 Å². The lowest BCUT2D eigenvalue weighted by Crippen LogP contribution is -2.55. The van der Waals surface area contributed by atoms with Gasteiger partial charge in [-0.1, -0.05) is 59.4 Å². The molecule has 2 amide bonds. The van der Waals surface area contributed by atoms with Crippen LogP contribution in [0.4, 0.5) is 5.69 Å². The van der Waals surface area contributed by atoms with Crippen molar-refractivity contribution >= 4 is 73.9 Å². The van der Waals surface area contributed by atoms with Crippen LogP contribution >= 0.6 is 46.4 Å². The van der Waals surface area contributed by atoms with Gasteiger partial charge in [0.15, 0.2) is 0 Å². The molecule has 0 aliphatic carbocycles. The fraction of sp³-hybridized carbons (Fsp3) is 0.417. The van der Waals surface area contributed by atoms with Gasteiger partial charge in [0.25, 0.3) is 0 Å². The van der Waals surface area contributed by atoms with Gasteiger partial charge in [-0.25, -0.2) is 8.42 Å². The summed E-state index contributed by atoms with van der Waals surface area (Å²) >= 11 is 24.6. The molecule has 0 aliphatic heterocycles. The molecule has 1 N–H and O–H groups in total. The van der Waals surface area contributed by atoms with E-state index in [0.717, 1.165) is 10.6 Å². The van der Waals surface area contributed by atoms with Crippen LogP contribution in [0, 0.1) is 0 Å². The standard InChI is InChI=1S/C24H29Cl4N3O4S/c1-6-20(23(33)29-24(2,3)4)30(13-15-7-8-16(25)11-18(15)27)22(32)14-31(36(5,34)35)21-10-9-17(26)12-19(21)28/h7-12,20H,6,13-14H2,1-5H3,(H,29,33)/t20-/m0/s1. The highest BCUT2D eigenvalue weighted by Gasteiger charge is 2.33. The Hall–Kier alpha value is -1.71. The van der Waals surface area contributed by atoms with Crippen molar-refractivity contribution in [3.05, 3.63) is 62.1 Å². The number of amides is 2. The Bertz CT molecular complexity index is 1230. The minimum absolute atomic E-state index is 0.0448. The van der Waals surface area contributed by atoms with E-state index >= 15 is 0 Å². The van der Waals surface area contributed by atoms with E-state index in [-0.39, 0.29) is 29.6 Å². The van der Waals surface area contributed by atoms with Gasteiger partial charge in [-0.05, 0) is 63.1 Å². The molecular weight excluding hydrogens is 568 g/mol. The molecular formula is C24H29Cl4N3O4S. The molecule has 0 unspecified atom stereocenters. The van der Waals surface area contributed by atoms with Crippen LogP contribution in [-0.2, 0) is 26.2 Å². The quantitative estimate of drug-likeness (QED) is 0.397. The highest BCUT2D eigenvalue weighted by molar-refractivity contribution is 7.92. The molecule has 0 saturated carbocycles. The number of halogens is 4. The van der Waals surface area contributed by atoms with Crippen LogP contribution in [-0.4, -0.2) is 49.5 Å². The van der Waals surface area contributed by atoms with E-state index in [1.54, 1.807) is 19.1 Å². The number of benzene rings is 2. The number of rotatable bonds is 9. The van der Waals surface area contributed by atoms with E-state index in [9.17, 15) is 18.0 Å². The lowest BCUT2D eigenvalue weighted by Gasteiger charge is -2.34. The zero-order chi connectivity index (χ0) is 27.4. The summed E-state index contributed by atoms with van der Waals surface area (Å²) in [6.07, 6.45) is 1.24. The first kappa shape index (κ1) is 30.5. The second kappa shape index (κ2) is 12.2. The Morgan fingerprint density at radius 3 is 2.00 bits per heavy atom. The van der Waals surface area contributed by atoms with Gasteiger partial charge >= 0.3 is 0 Å². The second-order valence-electron chi connectivity index (χ2n) is 9.29. The predicted octanol–water partition coefficient (Wildman–Crippen LogP) is 5.79. The molecule has 0 bridgehead atoms. The topological polar surface area (TPSA) is 86.8 Å². The number of nitrogens with one attached hydrogen (secondary N) is 1. The maximum atomic E-state index is 13.7. The van der Waals surface area contributed by atoms with Gasteiger partial charge in [0.2, 0.25) is 21.8 Å². The Balaban J connectivity index is 2.53. The normalized spacial score (nSPS) is 12.7. The average Bonchev–Trinajstić information content (AvgIpc) is 2.71. The van der Waals surface area contributed by atoms with E-state index in [1.807, 2.05) is 20.8 Å². The number of hydrogen-bond donors (Lipinski definition) is 1. The van der Waals surface area contributed by atoms with Gasteiger partial charge in [0.1, 0.15) is 12.6 Å². The van der Waals surface area contributed by atoms with Crippen molar-refractivity contribution in [1.29, 1.82) is 0 Å². The van der Waals surface area contributed by atoms with Crippen LogP contribution in [0.3, 0.4) is 0 Å². The molecule has 198 valence electrons. The molecule has 0 aromatic heterocycles. The zero-order valence-corrected chi connectivity index (χ0v) is 24.5. The summed E-state index contributed by atoms with van der Waals surface area (Å²) < 4.78 is 26.3. The Labute approximate surface area is 232 Å². The zero-order valence-electron chi connectivity index (χ0n) is 20.6. The molecule has 0 aliphatic rings. The number of carbonyl (C=O) groups excluding carboxylic acids is 2. The van der Waals surface area contributed by atoms with Crippen molar-refractivity contribution in [2.24, 2.45) is 0 Å². The third-order valence-corrected chi connectivity index (χ3v) is 7.35. The van der Waals surface area contributed by atoms with Crippen molar-refractivity contribution in [2.75, 3.05) is 17.1 Å². The van der Waals surface area contributed by atoms with Crippen LogP contribution in [0.2, 0.25) is 20.1 Å². The first-order valence-electron chi connectivity index (χ1n) is 11.0. The van der Waals surface area contributed by atoms with Crippen molar-refractivity contribution in [3.63, 3.8) is 0 Å². The molecule has 2 aromatic carbocycles. The molecule has 0 spiro atoms. The molecule has 36 heavy (non-hydrogen) atoms. The lowest BCUT2D eigenvalue weighted by molar-refractivity contribution is -0.141. The summed E-state index contributed by atoms with van der Waals surface area (Å²) in [4.78, 5) is 28.2. The fourth-order valence-corrected chi connectivity index (χ4v) is 5.37. The number of carbonyl (C=O) groups is 2. The van der Waals surface area contributed by atoms with Crippen LogP contribution in [0.5, 0.6) is 0 Å². The van der Waals surface area contributed by atoms with Gasteiger partial charge in [-0.2, -0.15) is 0 Å². The van der Waals surface area contributed by atoms with Crippen molar-refractivity contribution in [1.82, 2.24) is 10.2 Å². The van der Waals surface area contributed by atoms with E-state index in [0.29, 0.717) is 20.6 Å². The highest BCUT2D eigenvalue weighted by Crippen LogP contribution is 2.31. The summed E-state index contributed by atoms with van der Waals surface area (Å²) in [6.45, 7) is 6.61. The summed E-state index contributed by atoms with van der Waals surface area (Å²) in [7, 11) is -3.94. The summed E-state index contributed by atoms with van der Waals surface area (Å²) in [5.41, 5.74) is 0.0905. The Kier molecular flexibility index (Phi) is 10.4. The molecule has 12 heteroatoms. The molecule has 7 nitrogen and oxygen atoms in total. The predicted molar refractivity (Wildman–Crippen MR) is 148 cm³/mol. The Morgan fingerprint density at radius 2 is 1.53 bits per heavy atom. The first-order chi connectivity index (χ1) is 16.5. The second-order valence-corrected chi connectivity index (χ2v) is 12.9. The van der Waals surface area contributed by atoms with Crippen molar-refractivity contribution < 1.29 is 18.0 Å². The molecule has 0 fully saturated rings. The molecule has 1 atom stereocenters. The smallest absolute Gasteiger partial charge is 0.244 e. The van der Waals surface area contributed by atoms with E-state index in [1.165, 1.54) is 29.2 Å². The third kappa shape index (κ3) is 8.42. The average molecular weight is 597 g/mol. The molecule has 2 rings (SSSR count). The number of sulfonamides is 1. The van der Waals surface area contributed by atoms with Gasteiger partial charge in [-0.3, -0.25) is 13.9 Å². The van der Waals surface area contributed by atoms with Crippen molar-refractivity contribution in [3.8, 4) is 0 Å². The van der Waals surface area contributed by atoms with Crippen LogP contribution in [0.25, 0.3) is 0 Å². The van der Waals surface area contributed by atoms with Crippen molar-refractivity contribution in [2.45, 2.75) is 52.2 Å². The SMILES string of the molecule is CC[C@@H](C(=O)NC(C)(C)C)N(Cc1ccc(Cl)cc1Cl)C(=O)CN(c1ccc(Cl)cc1Cl)S(C)(=O)=O. The number of nitrogens with zero attached hydrogens (tertiary/aromatic N) is 2. The minimum atomic E-state index is -3.94. The highest BCUT2D eigenvalue weighted by atomic mass is 35.5. The van der Waals surface area contributed by atoms with E-state index in [4.69, 9.17) is 46.4 Å². The summed E-state index contributed by atoms with van der Waals surface area (Å²) in [6, 6.07) is 8.20. The third-order valence-electron chi connectivity index (χ3n) is 5.10. The maximum absolute atomic E-state index is 13.7. The molecule has 0 heterocycles. The molecule has 0 radical (unpaired) electrons. The monoisotopic (exact) mass is 595 g/mol. The summed E-state index contributed by atoms with van der Waals surface area (Å²) in [5, 5.41) is 3.99. The van der Waals surface area contributed by atoms with Gasteiger partial charge in [-0.15, -0.1) is 0 Å². The summed E-state index contributed by atoms with van der Waals surface area (Å²) in [5.74, 6) is -0.993. The Morgan fingerprint density at radius 1 is 0.972 bits per heavy atom. The molecule has 0 saturated heterocycles.